The first kappa shape index (κ1) is 23.1. The van der Waals surface area contributed by atoms with E-state index in [9.17, 15) is 4.79 Å². The fraction of sp³-hybridized carbons (Fsp3) is 0.304. The van der Waals surface area contributed by atoms with Crippen molar-refractivity contribution in [2.24, 2.45) is 0 Å². The summed E-state index contributed by atoms with van der Waals surface area (Å²) in [4.78, 5) is 18.6. The maximum atomic E-state index is 13.0. The van der Waals surface area contributed by atoms with Gasteiger partial charge >= 0.3 is 0 Å². The van der Waals surface area contributed by atoms with Crippen LogP contribution in [0.15, 0.2) is 40.9 Å². The summed E-state index contributed by atoms with van der Waals surface area (Å²) in [7, 11) is 0. The molecule has 0 spiro atoms. The van der Waals surface area contributed by atoms with Crippen LogP contribution in [0.4, 0.5) is 5.13 Å². The molecule has 0 aliphatic heterocycles. The summed E-state index contributed by atoms with van der Waals surface area (Å²) in [6.07, 6.45) is 0. The van der Waals surface area contributed by atoms with Crippen LogP contribution in [-0.2, 0) is 0 Å². The van der Waals surface area contributed by atoms with Crippen molar-refractivity contribution in [1.82, 2.24) is 4.98 Å². The Labute approximate surface area is 194 Å². The molecule has 2 aromatic carbocycles. The lowest BCUT2D eigenvalue weighted by Gasteiger charge is -2.16. The minimum Gasteiger partial charge on any atom is -0.490 e. The van der Waals surface area contributed by atoms with Gasteiger partial charge in [-0.15, -0.1) is 11.3 Å². The van der Waals surface area contributed by atoms with E-state index in [2.05, 4.69) is 26.2 Å². The van der Waals surface area contributed by atoms with Crippen molar-refractivity contribution in [3.05, 3.63) is 51.3 Å². The van der Waals surface area contributed by atoms with Gasteiger partial charge in [-0.2, -0.15) is 0 Å². The Kier molecular flexibility index (Phi) is 7.92. The number of hydrogen-bond acceptors (Lipinski definition) is 6. The molecule has 8 heteroatoms. The monoisotopic (exact) mass is 504 g/mol. The number of halogens is 1. The highest BCUT2D eigenvalue weighted by Gasteiger charge is 2.20. The third-order valence-electron chi connectivity index (χ3n) is 4.31. The number of hydrogen-bond donors (Lipinski definition) is 1. The predicted octanol–water partition coefficient (Wildman–Crippen LogP) is 6.33. The van der Waals surface area contributed by atoms with Crippen molar-refractivity contribution in [3.63, 3.8) is 0 Å². The molecule has 0 saturated heterocycles. The first-order valence-electron chi connectivity index (χ1n) is 10.1. The van der Waals surface area contributed by atoms with E-state index >= 15 is 0 Å². The number of aromatic nitrogens is 1. The zero-order valence-corrected chi connectivity index (χ0v) is 20.4. The van der Waals surface area contributed by atoms with Gasteiger partial charge in [0.05, 0.1) is 25.5 Å². The van der Waals surface area contributed by atoms with Gasteiger partial charge in [0.1, 0.15) is 0 Å². The summed E-state index contributed by atoms with van der Waals surface area (Å²) >= 11 is 4.88. The molecule has 0 radical (unpaired) electrons. The average molecular weight is 505 g/mol. The molecule has 6 nitrogen and oxygen atoms in total. The van der Waals surface area contributed by atoms with E-state index in [-0.39, 0.29) is 5.91 Å². The predicted molar refractivity (Wildman–Crippen MR) is 128 cm³/mol. The van der Waals surface area contributed by atoms with Crippen LogP contribution in [0.3, 0.4) is 0 Å². The maximum absolute atomic E-state index is 13.0. The molecule has 3 rings (SSSR count). The van der Waals surface area contributed by atoms with Crippen LogP contribution < -0.4 is 19.5 Å². The third kappa shape index (κ3) is 5.57. The second-order valence-corrected chi connectivity index (χ2v) is 8.60. The molecule has 0 bridgehead atoms. The van der Waals surface area contributed by atoms with E-state index in [1.165, 1.54) is 11.3 Å². The Morgan fingerprint density at radius 1 is 1.00 bits per heavy atom. The number of aryl methyl sites for hydroxylation is 1. The van der Waals surface area contributed by atoms with Crippen molar-refractivity contribution in [3.8, 4) is 28.5 Å². The van der Waals surface area contributed by atoms with Crippen LogP contribution in [0.1, 0.15) is 36.0 Å². The van der Waals surface area contributed by atoms with Gasteiger partial charge in [0.2, 0.25) is 5.75 Å². The summed E-state index contributed by atoms with van der Waals surface area (Å²) in [5.74, 6) is 1.17. The average Bonchev–Trinajstić information content (AvgIpc) is 3.11. The molecule has 0 aliphatic rings. The lowest BCUT2D eigenvalue weighted by Crippen LogP contribution is -2.13. The lowest BCUT2D eigenvalue weighted by atomic mass is 10.1. The van der Waals surface area contributed by atoms with Crippen LogP contribution in [0, 0.1) is 6.92 Å². The second kappa shape index (κ2) is 10.6. The minimum atomic E-state index is -0.291. The van der Waals surface area contributed by atoms with Gasteiger partial charge in [-0.05, 0) is 52.0 Å². The Hall–Kier alpha value is -2.58. The molecular weight excluding hydrogens is 480 g/mol. The van der Waals surface area contributed by atoms with E-state index in [1.54, 1.807) is 12.1 Å². The zero-order chi connectivity index (χ0) is 22.4. The number of carbonyl (C=O) groups excluding carboxylic acids is 1. The van der Waals surface area contributed by atoms with E-state index in [1.807, 2.05) is 52.0 Å². The van der Waals surface area contributed by atoms with Crippen molar-refractivity contribution >= 4 is 38.3 Å². The maximum Gasteiger partial charge on any atom is 0.257 e. The molecule has 0 fully saturated rings. The third-order valence-corrected chi connectivity index (χ3v) is 5.72. The number of nitrogens with zero attached hydrogens (tertiary/aromatic N) is 1. The molecule has 164 valence electrons. The van der Waals surface area contributed by atoms with Gasteiger partial charge in [0, 0.05) is 20.5 Å². The molecule has 0 saturated carbocycles. The fourth-order valence-corrected chi connectivity index (χ4v) is 4.11. The largest absolute Gasteiger partial charge is 0.490 e. The molecule has 1 amide bonds. The van der Waals surface area contributed by atoms with E-state index in [4.69, 9.17) is 14.2 Å². The number of thiazole rings is 1. The summed E-state index contributed by atoms with van der Waals surface area (Å²) in [5.41, 5.74) is 2.26. The van der Waals surface area contributed by atoms with E-state index < -0.39 is 0 Å². The van der Waals surface area contributed by atoms with Crippen LogP contribution in [0.5, 0.6) is 17.2 Å². The van der Waals surface area contributed by atoms with Gasteiger partial charge in [-0.3, -0.25) is 10.1 Å². The Balaban J connectivity index is 1.89. The van der Waals surface area contributed by atoms with Crippen LogP contribution in [0.2, 0.25) is 0 Å². The molecule has 0 unspecified atom stereocenters. The van der Waals surface area contributed by atoms with Crippen LogP contribution in [-0.4, -0.2) is 30.7 Å². The van der Waals surface area contributed by atoms with Gasteiger partial charge in [-0.25, -0.2) is 4.98 Å². The van der Waals surface area contributed by atoms with Gasteiger partial charge in [-0.1, -0.05) is 28.1 Å². The molecular formula is C23H25BrN2O4S. The highest BCUT2D eigenvalue weighted by Crippen LogP contribution is 2.39. The minimum absolute atomic E-state index is 0.291. The standard InChI is InChI=1S/C23H25BrN2O4S/c1-5-28-18-12-16(13-19(29-6-2)21(18)30-7-3)22(27)26-23-25-20(14(4)31-23)15-8-10-17(24)11-9-15/h8-13H,5-7H2,1-4H3,(H,25,26,27). The fourth-order valence-electron chi connectivity index (χ4n) is 3.01. The quantitative estimate of drug-likeness (QED) is 0.368. The van der Waals surface area contributed by atoms with Crippen LogP contribution >= 0.6 is 27.3 Å². The smallest absolute Gasteiger partial charge is 0.257 e. The molecule has 3 aromatic rings. The number of nitrogens with one attached hydrogen (secondary N) is 1. The summed E-state index contributed by atoms with van der Waals surface area (Å²) in [5, 5.41) is 3.43. The van der Waals surface area contributed by atoms with E-state index in [0.717, 1.165) is 20.6 Å². The number of ether oxygens (including phenoxy) is 3. The normalized spacial score (nSPS) is 10.6. The SMILES string of the molecule is CCOc1cc(C(=O)Nc2nc(-c3ccc(Br)cc3)c(C)s2)cc(OCC)c1OCC. The molecule has 31 heavy (non-hydrogen) atoms. The molecule has 0 aliphatic carbocycles. The van der Waals surface area contributed by atoms with Crippen LogP contribution in [0.25, 0.3) is 11.3 Å². The molecule has 0 atom stereocenters. The Morgan fingerprint density at radius 3 is 2.13 bits per heavy atom. The highest BCUT2D eigenvalue weighted by molar-refractivity contribution is 9.10. The topological polar surface area (TPSA) is 69.7 Å². The Bertz CT molecular complexity index is 1020. The Morgan fingerprint density at radius 2 is 1.58 bits per heavy atom. The molecule has 1 aromatic heterocycles. The van der Waals surface area contributed by atoms with Gasteiger partial charge in [0.15, 0.2) is 16.6 Å². The summed E-state index contributed by atoms with van der Waals surface area (Å²) < 4.78 is 18.1. The van der Waals surface area contributed by atoms with Crippen molar-refractivity contribution < 1.29 is 19.0 Å². The number of anilines is 1. The van der Waals surface area contributed by atoms with Gasteiger partial charge < -0.3 is 14.2 Å². The number of benzene rings is 2. The number of rotatable bonds is 9. The highest BCUT2D eigenvalue weighted by atomic mass is 79.9. The van der Waals surface area contributed by atoms with E-state index in [0.29, 0.717) is 47.8 Å². The second-order valence-electron chi connectivity index (χ2n) is 6.49. The van der Waals surface area contributed by atoms with Crippen molar-refractivity contribution in [2.45, 2.75) is 27.7 Å². The van der Waals surface area contributed by atoms with Crippen molar-refractivity contribution in [1.29, 1.82) is 0 Å². The first-order valence-corrected chi connectivity index (χ1v) is 11.7. The summed E-state index contributed by atoms with van der Waals surface area (Å²) in [6, 6.07) is 11.3. The number of carbonyl (C=O) groups is 1. The van der Waals surface area contributed by atoms with Gasteiger partial charge in [0.25, 0.3) is 5.91 Å². The summed E-state index contributed by atoms with van der Waals surface area (Å²) in [6.45, 7) is 8.98. The zero-order valence-electron chi connectivity index (χ0n) is 18.0. The lowest BCUT2D eigenvalue weighted by molar-refractivity contribution is 0.102. The molecule has 1 N–H and O–H groups in total. The number of amides is 1. The first-order chi connectivity index (χ1) is 15.0. The van der Waals surface area contributed by atoms with Crippen molar-refractivity contribution in [2.75, 3.05) is 25.1 Å². The molecule has 1 heterocycles.